The lowest BCUT2D eigenvalue weighted by Gasteiger charge is -2.14. The topological polar surface area (TPSA) is 58.6 Å². The highest BCUT2D eigenvalue weighted by Gasteiger charge is 2.11. The molecule has 0 bridgehead atoms. The van der Waals surface area contributed by atoms with Crippen molar-refractivity contribution in [1.82, 2.24) is 5.32 Å². The van der Waals surface area contributed by atoms with E-state index in [4.69, 9.17) is 4.74 Å². The first-order valence-electron chi connectivity index (χ1n) is 8.01. The van der Waals surface area contributed by atoms with Crippen LogP contribution in [0.15, 0.2) is 36.4 Å². The maximum atomic E-state index is 12.1. The number of methoxy groups -OCH3 is 1. The zero-order valence-corrected chi connectivity index (χ0v) is 14.0. The van der Waals surface area contributed by atoms with E-state index in [1.54, 1.807) is 7.11 Å². The van der Waals surface area contributed by atoms with Crippen LogP contribution in [-0.4, -0.2) is 30.8 Å². The van der Waals surface area contributed by atoms with E-state index in [1.807, 2.05) is 50.2 Å². The number of rotatable bonds is 7. The molecule has 2 N–H and O–H groups in total. The Morgan fingerprint density at radius 2 is 2.04 bits per heavy atom. The number of amides is 1. The lowest BCUT2D eigenvalue weighted by Crippen LogP contribution is -2.29. The Bertz CT molecular complexity index is 667. The minimum absolute atomic E-state index is 0.0312. The van der Waals surface area contributed by atoms with E-state index < -0.39 is 0 Å². The molecule has 2 aromatic carbocycles. The predicted molar refractivity (Wildman–Crippen MR) is 92.7 cm³/mol. The molecule has 2 rings (SSSR count). The fraction of sp³-hybridized carbons (Fsp3) is 0.421. The fourth-order valence-electron chi connectivity index (χ4n) is 2.53. The Morgan fingerprint density at radius 1 is 1.26 bits per heavy atom. The second kappa shape index (κ2) is 7.97. The number of aliphatic hydroxyl groups is 1. The number of carbonyl (C=O) groups excluding carboxylic acids is 1. The van der Waals surface area contributed by atoms with Crippen molar-refractivity contribution in [3.8, 4) is 5.75 Å². The zero-order valence-electron chi connectivity index (χ0n) is 14.0. The first kappa shape index (κ1) is 17.3. The highest BCUT2D eigenvalue weighted by molar-refractivity contribution is 5.91. The number of nitrogens with one attached hydrogen (secondary N) is 1. The third-order valence-electron chi connectivity index (χ3n) is 4.06. The third kappa shape index (κ3) is 4.70. The summed E-state index contributed by atoms with van der Waals surface area (Å²) in [7, 11) is 1.64. The molecule has 0 saturated heterocycles. The monoisotopic (exact) mass is 315 g/mol. The number of hydrogen-bond acceptors (Lipinski definition) is 3. The van der Waals surface area contributed by atoms with Crippen LogP contribution in [0.1, 0.15) is 25.8 Å². The van der Waals surface area contributed by atoms with E-state index in [0.29, 0.717) is 19.4 Å². The van der Waals surface area contributed by atoms with Crippen molar-refractivity contribution in [2.75, 3.05) is 13.7 Å². The average molecular weight is 315 g/mol. The molecule has 0 radical (unpaired) electrons. The molecular weight excluding hydrogens is 290 g/mol. The van der Waals surface area contributed by atoms with Gasteiger partial charge < -0.3 is 15.2 Å². The molecule has 0 aliphatic heterocycles. The van der Waals surface area contributed by atoms with E-state index in [0.717, 1.165) is 22.1 Å². The highest BCUT2D eigenvalue weighted by atomic mass is 16.5. The molecule has 0 aliphatic rings. The predicted octanol–water partition coefficient (Wildman–Crippen LogP) is 2.91. The normalized spacial score (nSPS) is 12.4. The van der Waals surface area contributed by atoms with Crippen LogP contribution in [0.25, 0.3) is 10.8 Å². The van der Waals surface area contributed by atoms with Crippen molar-refractivity contribution in [3.63, 3.8) is 0 Å². The minimum atomic E-state index is -0.378. The minimum Gasteiger partial charge on any atom is -0.497 e. The summed E-state index contributed by atoms with van der Waals surface area (Å²) in [5.41, 5.74) is 0.975. The average Bonchev–Trinajstić information content (AvgIpc) is 2.54. The van der Waals surface area contributed by atoms with Gasteiger partial charge in [0.25, 0.3) is 0 Å². The molecule has 2 aromatic rings. The van der Waals surface area contributed by atoms with E-state index in [2.05, 4.69) is 5.32 Å². The molecule has 0 saturated carbocycles. The SMILES string of the molecule is COc1ccc2cccc(CC(=O)NCCC(O)C(C)C)c2c1. The van der Waals surface area contributed by atoms with Gasteiger partial charge in [0.2, 0.25) is 5.91 Å². The van der Waals surface area contributed by atoms with Crippen molar-refractivity contribution < 1.29 is 14.6 Å². The standard InChI is InChI=1S/C19H25NO3/c1-13(2)18(21)9-10-20-19(22)11-15-6-4-5-14-7-8-16(23-3)12-17(14)15/h4-8,12-13,18,21H,9-11H2,1-3H3,(H,20,22). The first-order valence-corrected chi connectivity index (χ1v) is 8.01. The molecule has 23 heavy (non-hydrogen) atoms. The van der Waals surface area contributed by atoms with E-state index >= 15 is 0 Å². The van der Waals surface area contributed by atoms with Gasteiger partial charge in [-0.15, -0.1) is 0 Å². The number of fused-ring (bicyclic) bond motifs is 1. The lowest BCUT2D eigenvalue weighted by molar-refractivity contribution is -0.120. The van der Waals surface area contributed by atoms with Crippen LogP contribution >= 0.6 is 0 Å². The second-order valence-electron chi connectivity index (χ2n) is 6.13. The number of carbonyl (C=O) groups is 1. The van der Waals surface area contributed by atoms with Gasteiger partial charge in [-0.05, 0) is 40.8 Å². The Morgan fingerprint density at radius 3 is 2.74 bits per heavy atom. The van der Waals surface area contributed by atoms with E-state index in [-0.39, 0.29) is 17.9 Å². The van der Waals surface area contributed by atoms with Crippen LogP contribution in [0.2, 0.25) is 0 Å². The largest absolute Gasteiger partial charge is 0.497 e. The first-order chi connectivity index (χ1) is 11.0. The third-order valence-corrected chi connectivity index (χ3v) is 4.06. The number of benzene rings is 2. The van der Waals surface area contributed by atoms with Crippen LogP contribution < -0.4 is 10.1 Å². The lowest BCUT2D eigenvalue weighted by atomic mass is 10.0. The van der Waals surface area contributed by atoms with Crippen LogP contribution in [-0.2, 0) is 11.2 Å². The molecule has 0 spiro atoms. The summed E-state index contributed by atoms with van der Waals surface area (Å²) in [5.74, 6) is 0.958. The molecule has 0 aliphatic carbocycles. The number of ether oxygens (including phenoxy) is 1. The zero-order chi connectivity index (χ0) is 16.8. The van der Waals surface area contributed by atoms with Crippen molar-refractivity contribution in [1.29, 1.82) is 0 Å². The van der Waals surface area contributed by atoms with Crippen molar-refractivity contribution in [2.45, 2.75) is 32.8 Å². The summed E-state index contributed by atoms with van der Waals surface area (Å²) < 4.78 is 5.27. The quantitative estimate of drug-likeness (QED) is 0.826. The molecule has 1 atom stereocenters. The molecule has 124 valence electrons. The van der Waals surface area contributed by atoms with Gasteiger partial charge in [0, 0.05) is 6.54 Å². The summed E-state index contributed by atoms with van der Waals surface area (Å²) in [6, 6.07) is 11.8. The summed E-state index contributed by atoms with van der Waals surface area (Å²) in [6.45, 7) is 4.43. The van der Waals surface area contributed by atoms with Crippen LogP contribution in [0.4, 0.5) is 0 Å². The maximum absolute atomic E-state index is 12.1. The molecule has 1 amide bonds. The Labute approximate surface area is 137 Å². The van der Waals surface area contributed by atoms with Gasteiger partial charge in [0.05, 0.1) is 19.6 Å². The summed E-state index contributed by atoms with van der Waals surface area (Å²) in [4.78, 5) is 12.1. The molecular formula is C19H25NO3. The Hall–Kier alpha value is -2.07. The van der Waals surface area contributed by atoms with Gasteiger partial charge in [-0.2, -0.15) is 0 Å². The van der Waals surface area contributed by atoms with Gasteiger partial charge >= 0.3 is 0 Å². The van der Waals surface area contributed by atoms with Gasteiger partial charge in [0.15, 0.2) is 0 Å². The van der Waals surface area contributed by atoms with Crippen molar-refractivity contribution in [3.05, 3.63) is 42.0 Å². The van der Waals surface area contributed by atoms with Crippen LogP contribution in [0.5, 0.6) is 5.75 Å². The van der Waals surface area contributed by atoms with Crippen LogP contribution in [0.3, 0.4) is 0 Å². The maximum Gasteiger partial charge on any atom is 0.224 e. The smallest absolute Gasteiger partial charge is 0.224 e. The fourth-order valence-corrected chi connectivity index (χ4v) is 2.53. The van der Waals surface area contributed by atoms with Gasteiger partial charge in [0.1, 0.15) is 5.75 Å². The van der Waals surface area contributed by atoms with Crippen molar-refractivity contribution >= 4 is 16.7 Å². The van der Waals surface area contributed by atoms with Crippen LogP contribution in [0, 0.1) is 5.92 Å². The van der Waals surface area contributed by atoms with E-state index in [1.165, 1.54) is 0 Å². The van der Waals surface area contributed by atoms with E-state index in [9.17, 15) is 9.90 Å². The Kier molecular flexibility index (Phi) is 5.99. The van der Waals surface area contributed by atoms with Gasteiger partial charge in [-0.1, -0.05) is 38.1 Å². The molecule has 0 heterocycles. The Balaban J connectivity index is 2.02. The van der Waals surface area contributed by atoms with Crippen molar-refractivity contribution in [2.24, 2.45) is 5.92 Å². The molecule has 4 nitrogen and oxygen atoms in total. The molecule has 0 fully saturated rings. The summed E-state index contributed by atoms with van der Waals surface area (Å²) >= 11 is 0. The summed E-state index contributed by atoms with van der Waals surface area (Å²) in [5, 5.41) is 14.8. The number of hydrogen-bond donors (Lipinski definition) is 2. The van der Waals surface area contributed by atoms with Gasteiger partial charge in [-0.3, -0.25) is 4.79 Å². The summed E-state index contributed by atoms with van der Waals surface area (Å²) in [6.07, 6.45) is 0.520. The molecule has 4 heteroatoms. The molecule has 1 unspecified atom stereocenters. The highest BCUT2D eigenvalue weighted by Crippen LogP contribution is 2.24. The second-order valence-corrected chi connectivity index (χ2v) is 6.13. The number of aliphatic hydroxyl groups excluding tert-OH is 1. The van der Waals surface area contributed by atoms with Gasteiger partial charge in [-0.25, -0.2) is 0 Å². The molecule has 0 aromatic heterocycles.